The summed E-state index contributed by atoms with van der Waals surface area (Å²) >= 11 is 4.65. The molecule has 1 N–H and O–H groups in total. The molecule has 0 fully saturated rings. The van der Waals surface area contributed by atoms with Crippen molar-refractivity contribution in [3.8, 4) is 0 Å². The summed E-state index contributed by atoms with van der Waals surface area (Å²) in [7, 11) is 0. The first-order valence-corrected chi connectivity index (χ1v) is 7.76. The van der Waals surface area contributed by atoms with E-state index in [0.717, 1.165) is 34.2 Å². The van der Waals surface area contributed by atoms with Crippen LogP contribution in [0.15, 0.2) is 43.6 Å². The number of hydrogen-bond donors (Lipinski definition) is 1. The summed E-state index contributed by atoms with van der Waals surface area (Å²) in [5.74, 6) is 0. The van der Waals surface area contributed by atoms with E-state index in [1.165, 1.54) is 17.8 Å². The summed E-state index contributed by atoms with van der Waals surface area (Å²) in [6.07, 6.45) is 2.48. The predicted octanol–water partition coefficient (Wildman–Crippen LogP) is 3.45. The average Bonchev–Trinajstić information content (AvgIpc) is 2.38. The first kappa shape index (κ1) is 15.0. The Hall–Kier alpha value is -1.40. The SMILES string of the molecule is CCCc1cc(=O)[nH]c(Sc2cc(Br)ccc2C=O)n1. The minimum Gasteiger partial charge on any atom is -0.301 e. The molecule has 0 aliphatic rings. The number of carbonyl (C=O) groups is 1. The van der Waals surface area contributed by atoms with E-state index in [1.807, 2.05) is 13.0 Å². The number of aromatic amines is 1. The zero-order chi connectivity index (χ0) is 14.5. The lowest BCUT2D eigenvalue weighted by Crippen LogP contribution is -2.09. The fraction of sp³-hybridized carbons (Fsp3) is 0.214. The molecule has 4 nitrogen and oxygen atoms in total. The van der Waals surface area contributed by atoms with Gasteiger partial charge in [0.05, 0.1) is 0 Å². The van der Waals surface area contributed by atoms with E-state index in [-0.39, 0.29) is 5.56 Å². The van der Waals surface area contributed by atoms with E-state index in [1.54, 1.807) is 12.1 Å². The lowest BCUT2D eigenvalue weighted by molar-refractivity contribution is 0.112. The molecule has 0 spiro atoms. The van der Waals surface area contributed by atoms with Gasteiger partial charge in [-0.3, -0.25) is 9.59 Å². The molecule has 1 heterocycles. The molecule has 0 aliphatic carbocycles. The Bertz CT molecular complexity index is 685. The summed E-state index contributed by atoms with van der Waals surface area (Å²) < 4.78 is 0.873. The second kappa shape index (κ2) is 6.85. The van der Waals surface area contributed by atoms with Crippen molar-refractivity contribution in [1.82, 2.24) is 9.97 Å². The zero-order valence-corrected chi connectivity index (χ0v) is 13.3. The van der Waals surface area contributed by atoms with Crippen molar-refractivity contribution in [3.05, 3.63) is 50.3 Å². The molecule has 104 valence electrons. The second-order valence-electron chi connectivity index (χ2n) is 4.19. The van der Waals surface area contributed by atoms with Crippen LogP contribution in [-0.4, -0.2) is 16.3 Å². The Kier molecular flexibility index (Phi) is 5.14. The number of nitrogens with zero attached hydrogens (tertiary/aromatic N) is 1. The van der Waals surface area contributed by atoms with E-state index >= 15 is 0 Å². The Morgan fingerprint density at radius 2 is 2.20 bits per heavy atom. The molecule has 1 aromatic heterocycles. The van der Waals surface area contributed by atoms with Crippen molar-refractivity contribution in [3.63, 3.8) is 0 Å². The van der Waals surface area contributed by atoms with Crippen LogP contribution < -0.4 is 5.56 Å². The number of nitrogens with one attached hydrogen (secondary N) is 1. The Labute approximate surface area is 129 Å². The van der Waals surface area contributed by atoms with Crippen molar-refractivity contribution in [1.29, 1.82) is 0 Å². The van der Waals surface area contributed by atoms with Gasteiger partial charge in [0.1, 0.15) is 0 Å². The number of aryl methyl sites for hydroxylation is 1. The third-order valence-corrected chi connectivity index (χ3v) is 4.04. The lowest BCUT2D eigenvalue weighted by Gasteiger charge is -2.06. The first-order valence-electron chi connectivity index (χ1n) is 6.15. The van der Waals surface area contributed by atoms with Gasteiger partial charge >= 0.3 is 0 Å². The van der Waals surface area contributed by atoms with Gasteiger partial charge < -0.3 is 4.98 Å². The van der Waals surface area contributed by atoms with E-state index in [9.17, 15) is 9.59 Å². The third kappa shape index (κ3) is 3.80. The minimum absolute atomic E-state index is 0.173. The Morgan fingerprint density at radius 3 is 2.90 bits per heavy atom. The summed E-state index contributed by atoms with van der Waals surface area (Å²) in [5, 5.41) is 0.502. The van der Waals surface area contributed by atoms with Crippen molar-refractivity contribution < 1.29 is 4.79 Å². The van der Waals surface area contributed by atoms with Crippen LogP contribution >= 0.6 is 27.7 Å². The number of hydrogen-bond acceptors (Lipinski definition) is 4. The van der Waals surface area contributed by atoms with Gasteiger partial charge in [-0.15, -0.1) is 0 Å². The molecule has 0 amide bonds. The number of halogens is 1. The van der Waals surface area contributed by atoms with E-state index in [0.29, 0.717) is 10.7 Å². The van der Waals surface area contributed by atoms with Crippen LogP contribution in [0.3, 0.4) is 0 Å². The van der Waals surface area contributed by atoms with Gasteiger partial charge in [-0.25, -0.2) is 4.98 Å². The first-order chi connectivity index (χ1) is 9.62. The number of rotatable bonds is 5. The van der Waals surface area contributed by atoms with Gasteiger partial charge in [0.25, 0.3) is 5.56 Å². The third-order valence-electron chi connectivity index (χ3n) is 2.59. The Morgan fingerprint density at radius 1 is 1.40 bits per heavy atom. The second-order valence-corrected chi connectivity index (χ2v) is 6.14. The molecule has 6 heteroatoms. The van der Waals surface area contributed by atoms with Crippen LogP contribution in [0.25, 0.3) is 0 Å². The highest BCUT2D eigenvalue weighted by Crippen LogP contribution is 2.29. The van der Waals surface area contributed by atoms with Crippen LogP contribution in [0.5, 0.6) is 0 Å². The van der Waals surface area contributed by atoms with Crippen LogP contribution in [0.4, 0.5) is 0 Å². The highest BCUT2D eigenvalue weighted by molar-refractivity contribution is 9.10. The maximum atomic E-state index is 11.6. The summed E-state index contributed by atoms with van der Waals surface area (Å²) in [6, 6.07) is 6.88. The van der Waals surface area contributed by atoms with Gasteiger partial charge in [-0.05, 0) is 24.6 Å². The topological polar surface area (TPSA) is 62.8 Å². The Balaban J connectivity index is 2.36. The maximum absolute atomic E-state index is 11.6. The standard InChI is InChI=1S/C14H13BrN2O2S/c1-2-3-11-7-13(19)17-14(16-11)20-12-6-10(15)5-4-9(12)8-18/h4-8H,2-3H2,1H3,(H,16,17,19). The van der Waals surface area contributed by atoms with Crippen molar-refractivity contribution in [2.75, 3.05) is 0 Å². The number of benzene rings is 1. The molecule has 0 aliphatic heterocycles. The van der Waals surface area contributed by atoms with Gasteiger partial charge in [0.2, 0.25) is 0 Å². The molecule has 1 aromatic carbocycles. The molecule has 0 saturated carbocycles. The van der Waals surface area contributed by atoms with Crippen LogP contribution in [0.2, 0.25) is 0 Å². The molecule has 0 radical (unpaired) electrons. The summed E-state index contributed by atoms with van der Waals surface area (Å²) in [4.78, 5) is 30.5. The number of aromatic nitrogens is 2. The molecule has 0 saturated heterocycles. The molecule has 0 atom stereocenters. The molecule has 2 aromatic rings. The van der Waals surface area contributed by atoms with E-state index in [2.05, 4.69) is 25.9 Å². The van der Waals surface area contributed by atoms with Crippen LogP contribution in [0.1, 0.15) is 29.4 Å². The van der Waals surface area contributed by atoms with Crippen LogP contribution in [0, 0.1) is 0 Å². The molecule has 2 rings (SSSR count). The predicted molar refractivity (Wildman–Crippen MR) is 82.5 cm³/mol. The average molecular weight is 353 g/mol. The summed E-state index contributed by atoms with van der Waals surface area (Å²) in [6.45, 7) is 2.04. The van der Waals surface area contributed by atoms with Crippen molar-refractivity contribution in [2.24, 2.45) is 0 Å². The van der Waals surface area contributed by atoms with Gasteiger partial charge in [-0.2, -0.15) is 0 Å². The number of aldehydes is 1. The smallest absolute Gasteiger partial charge is 0.251 e. The molecule has 0 unspecified atom stereocenters. The van der Waals surface area contributed by atoms with Gasteiger partial charge in [-0.1, -0.05) is 41.0 Å². The fourth-order valence-corrected chi connectivity index (χ4v) is 3.17. The monoisotopic (exact) mass is 352 g/mol. The highest BCUT2D eigenvalue weighted by Gasteiger charge is 2.08. The molecule has 0 bridgehead atoms. The molecular formula is C14H13BrN2O2S. The lowest BCUT2D eigenvalue weighted by atomic mass is 10.2. The summed E-state index contributed by atoms with van der Waals surface area (Å²) in [5.41, 5.74) is 1.16. The van der Waals surface area contributed by atoms with Gasteiger partial charge in [0.15, 0.2) is 11.4 Å². The molecule has 20 heavy (non-hydrogen) atoms. The highest BCUT2D eigenvalue weighted by atomic mass is 79.9. The van der Waals surface area contributed by atoms with Crippen molar-refractivity contribution in [2.45, 2.75) is 29.8 Å². The quantitative estimate of drug-likeness (QED) is 0.661. The minimum atomic E-state index is -0.173. The normalized spacial score (nSPS) is 10.5. The van der Waals surface area contributed by atoms with Crippen molar-refractivity contribution >= 4 is 34.0 Å². The van der Waals surface area contributed by atoms with Crippen LogP contribution in [-0.2, 0) is 6.42 Å². The van der Waals surface area contributed by atoms with Gasteiger partial charge in [0, 0.05) is 26.7 Å². The maximum Gasteiger partial charge on any atom is 0.251 e. The largest absolute Gasteiger partial charge is 0.301 e. The fourth-order valence-electron chi connectivity index (χ4n) is 1.71. The molecular weight excluding hydrogens is 340 g/mol. The zero-order valence-electron chi connectivity index (χ0n) is 10.9. The van der Waals surface area contributed by atoms with E-state index < -0.39 is 0 Å². The van der Waals surface area contributed by atoms with E-state index in [4.69, 9.17) is 0 Å². The number of H-pyrrole nitrogens is 1. The number of carbonyl (C=O) groups excluding carboxylic acids is 1.